The second kappa shape index (κ2) is 6.68. The molecule has 1 fully saturated rings. The number of nitrogens with zero attached hydrogens (tertiary/aromatic N) is 1. The van der Waals surface area contributed by atoms with Gasteiger partial charge in [0.1, 0.15) is 5.82 Å². The van der Waals surface area contributed by atoms with E-state index in [4.69, 9.17) is 5.73 Å². The molecule has 0 bridgehead atoms. The largest absolute Gasteiger partial charge is 0.323 e. The van der Waals surface area contributed by atoms with Gasteiger partial charge in [0.05, 0.1) is 0 Å². The molecule has 0 saturated heterocycles. The Hall–Kier alpha value is -0.930. The standard InChI is InChI=1S/C17H27FN2/c1-12-6-4-5-7-16(12)20(3)13(2)17(19)14-8-10-15(18)11-9-14/h8-13,16-17H,4-7,19H2,1-3H3. The Kier molecular flexibility index (Phi) is 5.17. The molecule has 20 heavy (non-hydrogen) atoms. The predicted molar refractivity (Wildman–Crippen MR) is 82.0 cm³/mol. The summed E-state index contributed by atoms with van der Waals surface area (Å²) in [4.78, 5) is 2.43. The first-order valence-corrected chi connectivity index (χ1v) is 7.73. The summed E-state index contributed by atoms with van der Waals surface area (Å²) in [5.41, 5.74) is 7.39. The number of benzene rings is 1. The zero-order valence-corrected chi connectivity index (χ0v) is 12.8. The van der Waals surface area contributed by atoms with Gasteiger partial charge in [0.2, 0.25) is 0 Å². The van der Waals surface area contributed by atoms with Crippen LogP contribution in [0.2, 0.25) is 0 Å². The number of hydrogen-bond acceptors (Lipinski definition) is 2. The molecule has 4 atom stereocenters. The van der Waals surface area contributed by atoms with Crippen molar-refractivity contribution in [2.75, 3.05) is 7.05 Å². The molecule has 2 nitrogen and oxygen atoms in total. The highest BCUT2D eigenvalue weighted by Gasteiger charge is 2.30. The maximum absolute atomic E-state index is 13.0. The van der Waals surface area contributed by atoms with Crippen LogP contribution in [0.1, 0.15) is 51.1 Å². The Bertz CT molecular complexity index is 418. The molecular weight excluding hydrogens is 251 g/mol. The normalized spacial score (nSPS) is 26.5. The summed E-state index contributed by atoms with van der Waals surface area (Å²) in [5, 5.41) is 0. The van der Waals surface area contributed by atoms with Crippen LogP contribution in [-0.4, -0.2) is 24.0 Å². The van der Waals surface area contributed by atoms with E-state index in [0.29, 0.717) is 6.04 Å². The van der Waals surface area contributed by atoms with Gasteiger partial charge < -0.3 is 5.73 Å². The molecule has 0 spiro atoms. The number of nitrogens with two attached hydrogens (primary N) is 1. The molecule has 0 radical (unpaired) electrons. The van der Waals surface area contributed by atoms with Crippen LogP contribution in [0.3, 0.4) is 0 Å². The van der Waals surface area contributed by atoms with Crippen molar-refractivity contribution >= 4 is 0 Å². The van der Waals surface area contributed by atoms with Crippen molar-refractivity contribution in [3.05, 3.63) is 35.6 Å². The summed E-state index contributed by atoms with van der Waals surface area (Å²) in [6, 6.07) is 7.38. The van der Waals surface area contributed by atoms with Crippen molar-refractivity contribution in [3.63, 3.8) is 0 Å². The zero-order chi connectivity index (χ0) is 14.7. The lowest BCUT2D eigenvalue weighted by Gasteiger charge is -2.41. The van der Waals surface area contributed by atoms with Crippen molar-refractivity contribution in [1.29, 1.82) is 0 Å². The average molecular weight is 278 g/mol. The van der Waals surface area contributed by atoms with E-state index in [1.807, 2.05) is 0 Å². The van der Waals surface area contributed by atoms with Crippen LogP contribution in [0.4, 0.5) is 4.39 Å². The first-order chi connectivity index (χ1) is 9.50. The third kappa shape index (κ3) is 3.39. The van der Waals surface area contributed by atoms with E-state index in [1.165, 1.54) is 37.8 Å². The second-order valence-electron chi connectivity index (χ2n) is 6.31. The monoisotopic (exact) mass is 278 g/mol. The highest BCUT2D eigenvalue weighted by molar-refractivity contribution is 5.21. The molecule has 2 N–H and O–H groups in total. The average Bonchev–Trinajstić information content (AvgIpc) is 2.46. The summed E-state index contributed by atoms with van der Waals surface area (Å²) < 4.78 is 13.0. The first-order valence-electron chi connectivity index (χ1n) is 7.73. The minimum absolute atomic E-state index is 0.0743. The highest BCUT2D eigenvalue weighted by atomic mass is 19.1. The zero-order valence-electron chi connectivity index (χ0n) is 12.8. The summed E-state index contributed by atoms with van der Waals surface area (Å²) in [7, 11) is 2.18. The van der Waals surface area contributed by atoms with Gasteiger partial charge in [0, 0.05) is 18.1 Å². The van der Waals surface area contributed by atoms with Gasteiger partial charge >= 0.3 is 0 Å². The topological polar surface area (TPSA) is 29.3 Å². The summed E-state index contributed by atoms with van der Waals surface area (Å²) >= 11 is 0. The molecular formula is C17H27FN2. The minimum Gasteiger partial charge on any atom is -0.323 e. The van der Waals surface area contributed by atoms with E-state index in [2.05, 4.69) is 25.8 Å². The Morgan fingerprint density at radius 2 is 1.80 bits per heavy atom. The molecule has 0 aromatic heterocycles. The van der Waals surface area contributed by atoms with Gasteiger partial charge in [0.25, 0.3) is 0 Å². The molecule has 2 rings (SSSR count). The molecule has 0 amide bonds. The van der Waals surface area contributed by atoms with Crippen LogP contribution < -0.4 is 5.73 Å². The van der Waals surface area contributed by atoms with E-state index in [1.54, 1.807) is 12.1 Å². The summed E-state index contributed by atoms with van der Waals surface area (Å²) in [6.07, 6.45) is 5.24. The van der Waals surface area contributed by atoms with Gasteiger partial charge in [-0.1, -0.05) is 31.9 Å². The van der Waals surface area contributed by atoms with Crippen LogP contribution in [0.25, 0.3) is 0 Å². The maximum Gasteiger partial charge on any atom is 0.123 e. The van der Waals surface area contributed by atoms with Gasteiger partial charge in [-0.05, 0) is 50.4 Å². The SMILES string of the molecule is CC1CCCCC1N(C)C(C)C(N)c1ccc(F)cc1. The summed E-state index contributed by atoms with van der Waals surface area (Å²) in [6.45, 7) is 4.52. The lowest BCUT2D eigenvalue weighted by molar-refractivity contribution is 0.0916. The molecule has 112 valence electrons. The molecule has 0 aliphatic heterocycles. The lowest BCUT2D eigenvalue weighted by Crippen LogP contribution is -2.47. The van der Waals surface area contributed by atoms with E-state index < -0.39 is 0 Å². The smallest absolute Gasteiger partial charge is 0.123 e. The fourth-order valence-corrected chi connectivity index (χ4v) is 3.42. The summed E-state index contributed by atoms with van der Waals surface area (Å²) in [5.74, 6) is 0.527. The van der Waals surface area contributed by atoms with E-state index in [-0.39, 0.29) is 17.9 Å². The number of likely N-dealkylation sites (N-methyl/N-ethyl adjacent to an activating group) is 1. The van der Waals surface area contributed by atoms with Crippen LogP contribution in [0.5, 0.6) is 0 Å². The van der Waals surface area contributed by atoms with Gasteiger partial charge in [-0.25, -0.2) is 4.39 Å². The van der Waals surface area contributed by atoms with Crippen molar-refractivity contribution in [2.45, 2.75) is 57.7 Å². The Labute approximate surface area is 122 Å². The quantitative estimate of drug-likeness (QED) is 0.909. The lowest BCUT2D eigenvalue weighted by atomic mass is 9.84. The van der Waals surface area contributed by atoms with Gasteiger partial charge in [-0.15, -0.1) is 0 Å². The van der Waals surface area contributed by atoms with Crippen molar-refractivity contribution in [3.8, 4) is 0 Å². The van der Waals surface area contributed by atoms with Crippen molar-refractivity contribution in [2.24, 2.45) is 11.7 Å². The Morgan fingerprint density at radius 3 is 2.40 bits per heavy atom. The van der Waals surface area contributed by atoms with Crippen molar-refractivity contribution < 1.29 is 4.39 Å². The van der Waals surface area contributed by atoms with E-state index in [9.17, 15) is 4.39 Å². The highest BCUT2D eigenvalue weighted by Crippen LogP contribution is 2.30. The van der Waals surface area contributed by atoms with Gasteiger partial charge in [0.15, 0.2) is 0 Å². The van der Waals surface area contributed by atoms with Crippen LogP contribution >= 0.6 is 0 Å². The molecule has 3 heteroatoms. The fraction of sp³-hybridized carbons (Fsp3) is 0.647. The van der Waals surface area contributed by atoms with Crippen molar-refractivity contribution in [1.82, 2.24) is 4.90 Å². The number of rotatable bonds is 4. The maximum atomic E-state index is 13.0. The van der Waals surface area contributed by atoms with Gasteiger partial charge in [-0.3, -0.25) is 4.90 Å². The Balaban J connectivity index is 2.05. The molecule has 1 aromatic rings. The molecule has 1 aliphatic rings. The molecule has 0 heterocycles. The molecule has 1 saturated carbocycles. The van der Waals surface area contributed by atoms with Crippen LogP contribution in [0, 0.1) is 11.7 Å². The van der Waals surface area contributed by atoms with Crippen LogP contribution in [-0.2, 0) is 0 Å². The predicted octanol–water partition coefficient (Wildman–Crippen LogP) is 3.72. The Morgan fingerprint density at radius 1 is 1.20 bits per heavy atom. The third-order valence-electron chi connectivity index (χ3n) is 5.01. The number of halogens is 1. The number of hydrogen-bond donors (Lipinski definition) is 1. The van der Waals surface area contributed by atoms with E-state index >= 15 is 0 Å². The van der Waals surface area contributed by atoms with E-state index in [0.717, 1.165) is 11.5 Å². The second-order valence-corrected chi connectivity index (χ2v) is 6.31. The fourth-order valence-electron chi connectivity index (χ4n) is 3.42. The molecule has 1 aliphatic carbocycles. The minimum atomic E-state index is -0.206. The van der Waals surface area contributed by atoms with Crippen LogP contribution in [0.15, 0.2) is 24.3 Å². The molecule has 4 unspecified atom stereocenters. The third-order valence-corrected chi connectivity index (χ3v) is 5.01. The van der Waals surface area contributed by atoms with Gasteiger partial charge in [-0.2, -0.15) is 0 Å². The first kappa shape index (κ1) is 15.5. The molecule has 1 aromatic carbocycles.